The summed E-state index contributed by atoms with van der Waals surface area (Å²) in [6.07, 6.45) is 4.65. The standard InChI is InChI=1S/C25H23ClN4O2S/c26-22-6-2-1-5-21(22)25(32)12-16-29(17-13-25)24(31)19-7-9-20(10-8-19)28-33-30-15-11-18-4-3-14-27-23(18)30/h1-11,14-15,28,32H,12-13,16-17H2. The Morgan fingerprint density at radius 2 is 1.79 bits per heavy atom. The number of aliphatic hydroxyl groups is 1. The van der Waals surface area contributed by atoms with Crippen molar-refractivity contribution in [1.29, 1.82) is 0 Å². The number of fused-ring (bicyclic) bond motifs is 1. The van der Waals surface area contributed by atoms with Crippen LogP contribution in [0.25, 0.3) is 11.0 Å². The minimum Gasteiger partial charge on any atom is -0.385 e. The SMILES string of the molecule is O=C(c1ccc(NSn2ccc3cccnc32)cc1)N1CCC(O)(c2ccccc2Cl)CC1. The van der Waals surface area contributed by atoms with Gasteiger partial charge in [0.25, 0.3) is 5.91 Å². The van der Waals surface area contributed by atoms with Gasteiger partial charge in [0.15, 0.2) is 5.65 Å². The molecule has 0 spiro atoms. The van der Waals surface area contributed by atoms with Crippen molar-refractivity contribution in [2.45, 2.75) is 18.4 Å². The van der Waals surface area contributed by atoms with Gasteiger partial charge >= 0.3 is 0 Å². The fourth-order valence-corrected chi connectivity index (χ4v) is 5.18. The number of likely N-dealkylation sites (tertiary alicyclic amines) is 1. The highest BCUT2D eigenvalue weighted by Gasteiger charge is 2.36. The number of nitrogens with zero attached hydrogens (tertiary/aromatic N) is 3. The first kappa shape index (κ1) is 21.8. The summed E-state index contributed by atoms with van der Waals surface area (Å²) in [5.74, 6) is -0.0315. The van der Waals surface area contributed by atoms with Gasteiger partial charge in [0.1, 0.15) is 0 Å². The molecule has 3 heterocycles. The topological polar surface area (TPSA) is 70.4 Å². The Balaban J connectivity index is 1.20. The summed E-state index contributed by atoms with van der Waals surface area (Å²) in [5, 5.41) is 12.7. The molecule has 2 aromatic heterocycles. The van der Waals surface area contributed by atoms with Crippen molar-refractivity contribution >= 4 is 46.4 Å². The van der Waals surface area contributed by atoms with Crippen molar-refractivity contribution < 1.29 is 9.90 Å². The molecular formula is C25H23ClN4O2S. The molecule has 0 unspecified atom stereocenters. The molecule has 0 aliphatic carbocycles. The number of halogens is 1. The van der Waals surface area contributed by atoms with E-state index in [1.807, 2.05) is 70.8 Å². The number of hydrogen-bond donors (Lipinski definition) is 2. The number of carbonyl (C=O) groups is 1. The first-order valence-electron chi connectivity index (χ1n) is 10.8. The third-order valence-electron chi connectivity index (χ3n) is 6.06. The van der Waals surface area contributed by atoms with Crippen molar-refractivity contribution in [1.82, 2.24) is 13.9 Å². The summed E-state index contributed by atoms with van der Waals surface area (Å²) in [6, 6.07) is 20.8. The van der Waals surface area contributed by atoms with E-state index in [-0.39, 0.29) is 5.91 Å². The van der Waals surface area contributed by atoms with E-state index in [1.54, 1.807) is 17.2 Å². The van der Waals surface area contributed by atoms with Crippen molar-refractivity contribution in [3.05, 3.63) is 95.3 Å². The Kier molecular flexibility index (Phi) is 6.01. The molecule has 0 bridgehead atoms. The number of amides is 1. The van der Waals surface area contributed by atoms with E-state index < -0.39 is 5.60 Å². The highest BCUT2D eigenvalue weighted by molar-refractivity contribution is 7.99. The minimum absolute atomic E-state index is 0.0315. The van der Waals surface area contributed by atoms with Gasteiger partial charge in [-0.1, -0.05) is 29.8 Å². The fourth-order valence-electron chi connectivity index (χ4n) is 4.17. The molecule has 0 radical (unpaired) electrons. The van der Waals surface area contributed by atoms with Crippen LogP contribution < -0.4 is 4.72 Å². The molecule has 1 amide bonds. The Hall–Kier alpha value is -3.00. The number of nitrogens with one attached hydrogen (secondary N) is 1. The molecule has 6 nitrogen and oxygen atoms in total. The normalized spacial score (nSPS) is 15.5. The van der Waals surface area contributed by atoms with Gasteiger partial charge in [-0.25, -0.2) is 4.98 Å². The number of aromatic nitrogens is 2. The number of pyridine rings is 1. The lowest BCUT2D eigenvalue weighted by Crippen LogP contribution is -2.45. The van der Waals surface area contributed by atoms with Crippen LogP contribution in [0.2, 0.25) is 5.02 Å². The Bertz CT molecular complexity index is 1280. The molecule has 1 aliphatic rings. The molecule has 1 aliphatic heterocycles. The molecule has 33 heavy (non-hydrogen) atoms. The zero-order valence-corrected chi connectivity index (χ0v) is 19.4. The lowest BCUT2D eigenvalue weighted by molar-refractivity contribution is -0.0210. The monoisotopic (exact) mass is 478 g/mol. The van der Waals surface area contributed by atoms with Crippen LogP contribution in [-0.2, 0) is 5.60 Å². The van der Waals surface area contributed by atoms with Crippen LogP contribution in [0.3, 0.4) is 0 Å². The first-order valence-corrected chi connectivity index (χ1v) is 11.9. The van der Waals surface area contributed by atoms with Crippen LogP contribution in [0.4, 0.5) is 5.69 Å². The molecule has 2 aromatic carbocycles. The van der Waals surface area contributed by atoms with Gasteiger partial charge < -0.3 is 14.7 Å². The summed E-state index contributed by atoms with van der Waals surface area (Å²) >= 11 is 7.71. The predicted octanol–water partition coefficient (Wildman–Crippen LogP) is 5.34. The van der Waals surface area contributed by atoms with Crippen molar-refractivity contribution in [3.8, 4) is 0 Å². The third-order valence-corrected chi connectivity index (χ3v) is 7.21. The molecule has 0 saturated carbocycles. The van der Waals surface area contributed by atoms with Gasteiger partial charge in [-0.05, 0) is 61.4 Å². The van der Waals surface area contributed by atoms with E-state index in [4.69, 9.17) is 11.6 Å². The molecule has 8 heteroatoms. The maximum absolute atomic E-state index is 13.0. The van der Waals surface area contributed by atoms with Crippen molar-refractivity contribution in [2.24, 2.45) is 0 Å². The second kappa shape index (κ2) is 9.09. The first-order chi connectivity index (χ1) is 16.0. The van der Waals surface area contributed by atoms with Gasteiger partial charge in [0, 0.05) is 52.7 Å². The molecule has 1 saturated heterocycles. The van der Waals surface area contributed by atoms with Gasteiger partial charge in [0.05, 0.1) is 17.7 Å². The van der Waals surface area contributed by atoms with Crippen LogP contribution >= 0.6 is 23.7 Å². The Morgan fingerprint density at radius 1 is 1.03 bits per heavy atom. The predicted molar refractivity (Wildman–Crippen MR) is 133 cm³/mol. The largest absolute Gasteiger partial charge is 0.385 e. The molecule has 0 atom stereocenters. The summed E-state index contributed by atoms with van der Waals surface area (Å²) in [4.78, 5) is 19.2. The number of piperidine rings is 1. The third kappa shape index (κ3) is 4.44. The number of carbonyl (C=O) groups excluding carboxylic acids is 1. The van der Waals surface area contributed by atoms with Crippen molar-refractivity contribution in [2.75, 3.05) is 17.8 Å². The van der Waals surface area contributed by atoms with Crippen LogP contribution in [0, 0.1) is 0 Å². The maximum atomic E-state index is 13.0. The average molecular weight is 479 g/mol. The molecule has 5 rings (SSSR count). The lowest BCUT2D eigenvalue weighted by atomic mass is 9.84. The Labute approximate surface area is 201 Å². The van der Waals surface area contributed by atoms with Crippen LogP contribution in [0.1, 0.15) is 28.8 Å². The van der Waals surface area contributed by atoms with E-state index in [1.165, 1.54) is 12.1 Å². The zero-order chi connectivity index (χ0) is 22.8. The second-order valence-corrected chi connectivity index (χ2v) is 9.32. The smallest absolute Gasteiger partial charge is 0.253 e. The second-order valence-electron chi connectivity index (χ2n) is 8.13. The summed E-state index contributed by atoms with van der Waals surface area (Å²) < 4.78 is 5.25. The summed E-state index contributed by atoms with van der Waals surface area (Å²) in [6.45, 7) is 0.953. The van der Waals surface area contributed by atoms with Crippen LogP contribution in [-0.4, -0.2) is 38.0 Å². The molecular weight excluding hydrogens is 456 g/mol. The van der Waals surface area contributed by atoms with E-state index >= 15 is 0 Å². The molecule has 4 aromatic rings. The maximum Gasteiger partial charge on any atom is 0.253 e. The quantitative estimate of drug-likeness (QED) is 0.379. The number of benzene rings is 2. The summed E-state index contributed by atoms with van der Waals surface area (Å²) in [5.41, 5.74) is 2.14. The van der Waals surface area contributed by atoms with E-state index in [0.29, 0.717) is 36.5 Å². The van der Waals surface area contributed by atoms with Gasteiger partial charge in [-0.15, -0.1) is 0 Å². The minimum atomic E-state index is -1.00. The molecule has 168 valence electrons. The Morgan fingerprint density at radius 3 is 2.55 bits per heavy atom. The van der Waals surface area contributed by atoms with E-state index in [0.717, 1.165) is 22.3 Å². The van der Waals surface area contributed by atoms with E-state index in [2.05, 4.69) is 9.71 Å². The number of rotatable bonds is 5. The average Bonchev–Trinajstić information content (AvgIpc) is 3.26. The lowest BCUT2D eigenvalue weighted by Gasteiger charge is -2.39. The van der Waals surface area contributed by atoms with Gasteiger partial charge in [0.2, 0.25) is 0 Å². The number of anilines is 1. The van der Waals surface area contributed by atoms with Crippen LogP contribution in [0.5, 0.6) is 0 Å². The number of hydrogen-bond acceptors (Lipinski definition) is 5. The highest BCUT2D eigenvalue weighted by atomic mass is 35.5. The molecule has 2 N–H and O–H groups in total. The van der Waals surface area contributed by atoms with Gasteiger partial charge in [-0.3, -0.25) is 8.77 Å². The fraction of sp³-hybridized carbons (Fsp3) is 0.200. The van der Waals surface area contributed by atoms with E-state index in [9.17, 15) is 9.90 Å². The summed E-state index contributed by atoms with van der Waals surface area (Å²) in [7, 11) is 0. The zero-order valence-electron chi connectivity index (χ0n) is 17.8. The highest BCUT2D eigenvalue weighted by Crippen LogP contribution is 2.37. The molecule has 1 fully saturated rings. The van der Waals surface area contributed by atoms with Gasteiger partial charge in [-0.2, -0.15) is 0 Å². The van der Waals surface area contributed by atoms with Crippen molar-refractivity contribution in [3.63, 3.8) is 0 Å². The van der Waals surface area contributed by atoms with Crippen LogP contribution in [0.15, 0.2) is 79.1 Å².